The number of piperidine rings is 1. The second-order valence-corrected chi connectivity index (χ2v) is 7.56. The van der Waals surface area contributed by atoms with Gasteiger partial charge in [-0.15, -0.1) is 0 Å². The molecule has 1 saturated heterocycles. The number of hydrogen-bond acceptors (Lipinski definition) is 5. The highest BCUT2D eigenvalue weighted by Gasteiger charge is 2.28. The van der Waals surface area contributed by atoms with E-state index in [9.17, 15) is 9.59 Å². The Kier molecular flexibility index (Phi) is 7.76. The molecule has 1 fully saturated rings. The molecule has 31 heavy (non-hydrogen) atoms. The molecule has 1 N–H and O–H groups in total. The molecular weight excluding hydrogens is 396 g/mol. The standard InChI is InChI=1S/C24H30N2O5/c1-29-20-6-4-17(5-7-20)8-11-25-23(27)18-9-12-26(13-10-18)24(28)19-14-21(30-2)16-22(15-19)31-3/h4-7,14-16,18H,8-13H2,1-3H3,(H,25,27). The van der Waals surface area contributed by atoms with Crippen LogP contribution in [0.4, 0.5) is 0 Å². The first-order chi connectivity index (χ1) is 15.0. The first-order valence-electron chi connectivity index (χ1n) is 10.5. The number of ether oxygens (including phenoxy) is 3. The molecule has 0 unspecified atom stereocenters. The molecular formula is C24H30N2O5. The summed E-state index contributed by atoms with van der Waals surface area (Å²) < 4.78 is 15.7. The molecule has 0 radical (unpaired) electrons. The molecule has 2 aromatic carbocycles. The summed E-state index contributed by atoms with van der Waals surface area (Å²) in [5.41, 5.74) is 1.67. The number of nitrogens with zero attached hydrogens (tertiary/aromatic N) is 1. The third-order valence-corrected chi connectivity index (χ3v) is 5.62. The number of carbonyl (C=O) groups excluding carboxylic acids is 2. The zero-order valence-corrected chi connectivity index (χ0v) is 18.3. The lowest BCUT2D eigenvalue weighted by atomic mass is 9.95. The lowest BCUT2D eigenvalue weighted by molar-refractivity contribution is -0.126. The van der Waals surface area contributed by atoms with E-state index in [2.05, 4.69) is 5.32 Å². The van der Waals surface area contributed by atoms with E-state index in [1.165, 1.54) is 0 Å². The van der Waals surface area contributed by atoms with Crippen molar-refractivity contribution in [1.29, 1.82) is 0 Å². The minimum Gasteiger partial charge on any atom is -0.497 e. The molecule has 7 nitrogen and oxygen atoms in total. The van der Waals surface area contributed by atoms with Gasteiger partial charge < -0.3 is 24.4 Å². The van der Waals surface area contributed by atoms with E-state index in [0.29, 0.717) is 49.5 Å². The minimum absolute atomic E-state index is 0.0589. The van der Waals surface area contributed by atoms with Crippen LogP contribution in [-0.2, 0) is 11.2 Å². The molecule has 1 aliphatic rings. The second kappa shape index (κ2) is 10.7. The third kappa shape index (κ3) is 5.90. The zero-order chi connectivity index (χ0) is 22.2. The van der Waals surface area contributed by atoms with Crippen LogP contribution in [0.25, 0.3) is 0 Å². The molecule has 2 aromatic rings. The van der Waals surface area contributed by atoms with Gasteiger partial charge in [-0.3, -0.25) is 9.59 Å². The van der Waals surface area contributed by atoms with Gasteiger partial charge in [0.1, 0.15) is 17.2 Å². The van der Waals surface area contributed by atoms with Crippen LogP contribution in [0.3, 0.4) is 0 Å². The van der Waals surface area contributed by atoms with Gasteiger partial charge in [0.05, 0.1) is 21.3 Å². The second-order valence-electron chi connectivity index (χ2n) is 7.56. The maximum Gasteiger partial charge on any atom is 0.254 e. The lowest BCUT2D eigenvalue weighted by Gasteiger charge is -2.31. The van der Waals surface area contributed by atoms with Gasteiger partial charge in [0, 0.05) is 37.2 Å². The molecule has 2 amide bonds. The number of benzene rings is 2. The highest BCUT2D eigenvalue weighted by molar-refractivity contribution is 5.95. The summed E-state index contributed by atoms with van der Waals surface area (Å²) >= 11 is 0. The van der Waals surface area contributed by atoms with E-state index < -0.39 is 0 Å². The van der Waals surface area contributed by atoms with Gasteiger partial charge in [0.2, 0.25) is 5.91 Å². The van der Waals surface area contributed by atoms with E-state index in [-0.39, 0.29) is 17.7 Å². The Balaban J connectivity index is 1.47. The Morgan fingerprint density at radius 2 is 1.48 bits per heavy atom. The van der Waals surface area contributed by atoms with Crippen LogP contribution in [0.5, 0.6) is 17.2 Å². The van der Waals surface area contributed by atoms with Crippen LogP contribution in [-0.4, -0.2) is 57.7 Å². The summed E-state index contributed by atoms with van der Waals surface area (Å²) in [6.07, 6.45) is 2.08. The Hall–Kier alpha value is -3.22. The number of rotatable bonds is 8. The van der Waals surface area contributed by atoms with Crippen molar-refractivity contribution >= 4 is 11.8 Å². The summed E-state index contributed by atoms with van der Waals surface area (Å²) in [6, 6.07) is 13.0. The van der Waals surface area contributed by atoms with Crippen LogP contribution in [0.2, 0.25) is 0 Å². The van der Waals surface area contributed by atoms with Crippen LogP contribution < -0.4 is 19.5 Å². The van der Waals surface area contributed by atoms with E-state index in [0.717, 1.165) is 17.7 Å². The number of nitrogens with one attached hydrogen (secondary N) is 1. The van der Waals surface area contributed by atoms with Gasteiger partial charge in [-0.2, -0.15) is 0 Å². The molecule has 3 rings (SSSR count). The summed E-state index contributed by atoms with van der Waals surface area (Å²) in [6.45, 7) is 1.69. The summed E-state index contributed by atoms with van der Waals surface area (Å²) in [5.74, 6) is 1.89. The van der Waals surface area contributed by atoms with Gasteiger partial charge in [-0.05, 0) is 49.1 Å². The molecule has 166 valence electrons. The van der Waals surface area contributed by atoms with Crippen LogP contribution in [0, 0.1) is 5.92 Å². The molecule has 0 atom stereocenters. The maximum atomic E-state index is 12.9. The van der Waals surface area contributed by atoms with Gasteiger partial charge in [-0.1, -0.05) is 12.1 Å². The fourth-order valence-electron chi connectivity index (χ4n) is 3.72. The van der Waals surface area contributed by atoms with Crippen molar-refractivity contribution in [2.24, 2.45) is 5.92 Å². The highest BCUT2D eigenvalue weighted by Crippen LogP contribution is 2.25. The van der Waals surface area contributed by atoms with Crippen molar-refractivity contribution in [3.63, 3.8) is 0 Å². The van der Waals surface area contributed by atoms with Crippen molar-refractivity contribution in [2.45, 2.75) is 19.3 Å². The smallest absolute Gasteiger partial charge is 0.254 e. The Morgan fingerprint density at radius 3 is 2.03 bits per heavy atom. The van der Waals surface area contributed by atoms with Gasteiger partial charge in [-0.25, -0.2) is 0 Å². The fourth-order valence-corrected chi connectivity index (χ4v) is 3.72. The SMILES string of the molecule is COc1ccc(CCNC(=O)C2CCN(C(=O)c3cc(OC)cc(OC)c3)CC2)cc1. The maximum absolute atomic E-state index is 12.9. The molecule has 0 aromatic heterocycles. The van der Waals surface area contributed by atoms with E-state index >= 15 is 0 Å². The van der Waals surface area contributed by atoms with Crippen molar-refractivity contribution in [2.75, 3.05) is 41.0 Å². The normalized spacial score (nSPS) is 14.1. The number of methoxy groups -OCH3 is 3. The first-order valence-corrected chi connectivity index (χ1v) is 10.5. The Morgan fingerprint density at radius 1 is 0.903 bits per heavy atom. The first kappa shape index (κ1) is 22.5. The molecule has 0 bridgehead atoms. The molecule has 1 aliphatic heterocycles. The van der Waals surface area contributed by atoms with Crippen LogP contribution in [0.1, 0.15) is 28.8 Å². The average molecular weight is 427 g/mol. The molecule has 7 heteroatoms. The van der Waals surface area contributed by atoms with Gasteiger partial charge in [0.25, 0.3) is 5.91 Å². The number of amides is 2. The van der Waals surface area contributed by atoms with Crippen molar-refractivity contribution in [1.82, 2.24) is 10.2 Å². The van der Waals surface area contributed by atoms with E-state index in [1.807, 2.05) is 24.3 Å². The van der Waals surface area contributed by atoms with Crippen molar-refractivity contribution < 1.29 is 23.8 Å². The number of hydrogen-bond donors (Lipinski definition) is 1. The van der Waals surface area contributed by atoms with Crippen molar-refractivity contribution in [3.05, 3.63) is 53.6 Å². The largest absolute Gasteiger partial charge is 0.497 e. The highest BCUT2D eigenvalue weighted by atomic mass is 16.5. The molecule has 0 aliphatic carbocycles. The minimum atomic E-state index is -0.0736. The van der Waals surface area contributed by atoms with Gasteiger partial charge in [0.15, 0.2) is 0 Å². The predicted molar refractivity (Wildman–Crippen MR) is 118 cm³/mol. The molecule has 1 heterocycles. The molecule has 0 spiro atoms. The van der Waals surface area contributed by atoms with E-state index in [1.54, 1.807) is 44.4 Å². The van der Waals surface area contributed by atoms with Gasteiger partial charge >= 0.3 is 0 Å². The fraction of sp³-hybridized carbons (Fsp3) is 0.417. The number of likely N-dealkylation sites (tertiary alicyclic amines) is 1. The number of carbonyl (C=O) groups is 2. The van der Waals surface area contributed by atoms with Crippen LogP contribution >= 0.6 is 0 Å². The summed E-state index contributed by atoms with van der Waals surface area (Å²) in [5, 5.41) is 3.03. The summed E-state index contributed by atoms with van der Waals surface area (Å²) in [7, 11) is 4.76. The van der Waals surface area contributed by atoms with E-state index in [4.69, 9.17) is 14.2 Å². The monoisotopic (exact) mass is 426 g/mol. The summed E-state index contributed by atoms with van der Waals surface area (Å²) in [4.78, 5) is 27.2. The van der Waals surface area contributed by atoms with Crippen molar-refractivity contribution in [3.8, 4) is 17.2 Å². The third-order valence-electron chi connectivity index (χ3n) is 5.62. The average Bonchev–Trinajstić information content (AvgIpc) is 2.83. The topological polar surface area (TPSA) is 77.1 Å². The Bertz CT molecular complexity index is 867. The van der Waals surface area contributed by atoms with Crippen LogP contribution in [0.15, 0.2) is 42.5 Å². The Labute approximate surface area is 183 Å². The zero-order valence-electron chi connectivity index (χ0n) is 18.3. The quantitative estimate of drug-likeness (QED) is 0.702. The lowest BCUT2D eigenvalue weighted by Crippen LogP contribution is -2.43. The molecule has 0 saturated carbocycles. The predicted octanol–water partition coefficient (Wildman–Crippen LogP) is 2.92.